The Bertz CT molecular complexity index is 813. The molecule has 23 heavy (non-hydrogen) atoms. The fourth-order valence-corrected chi connectivity index (χ4v) is 2.90. The summed E-state index contributed by atoms with van der Waals surface area (Å²) in [6, 6.07) is 6.79. The summed E-state index contributed by atoms with van der Waals surface area (Å²) in [4.78, 5) is 35.4. The number of fused-ring (bicyclic) bond motifs is 1. The van der Waals surface area contributed by atoms with E-state index in [9.17, 15) is 14.4 Å². The largest absolute Gasteiger partial charge is 0.480 e. The van der Waals surface area contributed by atoms with E-state index >= 15 is 0 Å². The number of rotatable bonds is 5. The number of carboxylic acids is 1. The van der Waals surface area contributed by atoms with Crippen molar-refractivity contribution in [2.24, 2.45) is 5.73 Å². The first-order valence-electron chi connectivity index (χ1n) is 7.16. The van der Waals surface area contributed by atoms with E-state index < -0.39 is 11.9 Å². The topological polar surface area (TPSA) is 119 Å². The van der Waals surface area contributed by atoms with Crippen molar-refractivity contribution in [3.05, 3.63) is 30.0 Å². The van der Waals surface area contributed by atoms with Gasteiger partial charge in [-0.1, -0.05) is 18.2 Å². The SMILES string of the molecule is CC(=O)N(CC(=O)O)C1CC1n1nc(C(N)=O)c2ccccc21. The number of amides is 2. The zero-order valence-electron chi connectivity index (χ0n) is 12.5. The van der Waals surface area contributed by atoms with Crippen molar-refractivity contribution in [2.75, 3.05) is 6.54 Å². The van der Waals surface area contributed by atoms with Crippen LogP contribution in [0.2, 0.25) is 0 Å². The minimum Gasteiger partial charge on any atom is -0.480 e. The van der Waals surface area contributed by atoms with Crippen LogP contribution in [0.15, 0.2) is 24.3 Å². The highest BCUT2D eigenvalue weighted by Crippen LogP contribution is 2.42. The number of nitrogens with two attached hydrogens (primary N) is 1. The molecule has 1 aromatic carbocycles. The van der Waals surface area contributed by atoms with Crippen LogP contribution in [0.5, 0.6) is 0 Å². The second-order valence-electron chi connectivity index (χ2n) is 5.59. The van der Waals surface area contributed by atoms with Crippen molar-refractivity contribution in [3.8, 4) is 0 Å². The highest BCUT2D eigenvalue weighted by molar-refractivity contribution is 6.04. The van der Waals surface area contributed by atoms with Gasteiger partial charge in [-0.3, -0.25) is 19.1 Å². The summed E-state index contributed by atoms with van der Waals surface area (Å²) in [5.74, 6) is -1.98. The van der Waals surface area contributed by atoms with Gasteiger partial charge in [0.25, 0.3) is 5.91 Å². The molecule has 120 valence electrons. The lowest BCUT2D eigenvalue weighted by Crippen LogP contribution is -2.37. The fourth-order valence-electron chi connectivity index (χ4n) is 2.90. The van der Waals surface area contributed by atoms with Gasteiger partial charge in [0.1, 0.15) is 6.54 Å². The number of carbonyl (C=O) groups excluding carboxylic acids is 2. The second kappa shape index (κ2) is 5.38. The van der Waals surface area contributed by atoms with Crippen LogP contribution in [0, 0.1) is 0 Å². The maximum atomic E-state index is 11.7. The van der Waals surface area contributed by atoms with Crippen LogP contribution in [0.3, 0.4) is 0 Å². The molecule has 0 saturated heterocycles. The van der Waals surface area contributed by atoms with Gasteiger partial charge in [0, 0.05) is 12.3 Å². The molecule has 1 fully saturated rings. The van der Waals surface area contributed by atoms with Crippen molar-refractivity contribution in [1.82, 2.24) is 14.7 Å². The molecule has 3 rings (SSSR count). The number of hydrogen-bond acceptors (Lipinski definition) is 4. The van der Waals surface area contributed by atoms with Crippen LogP contribution in [0.1, 0.15) is 29.9 Å². The molecule has 0 radical (unpaired) electrons. The van der Waals surface area contributed by atoms with Gasteiger partial charge >= 0.3 is 5.97 Å². The third kappa shape index (κ3) is 2.63. The Morgan fingerprint density at radius 1 is 1.39 bits per heavy atom. The van der Waals surface area contributed by atoms with Crippen LogP contribution >= 0.6 is 0 Å². The Hall–Kier alpha value is -2.90. The Kier molecular flexibility index (Phi) is 3.51. The number of primary amides is 1. The molecule has 2 atom stereocenters. The van der Waals surface area contributed by atoms with Gasteiger partial charge in [-0.2, -0.15) is 5.10 Å². The molecule has 0 spiro atoms. The van der Waals surface area contributed by atoms with E-state index in [1.54, 1.807) is 16.8 Å². The molecule has 1 heterocycles. The minimum atomic E-state index is -1.06. The number of aromatic nitrogens is 2. The molecule has 2 unspecified atom stereocenters. The van der Waals surface area contributed by atoms with E-state index in [1.807, 2.05) is 12.1 Å². The molecule has 2 aromatic rings. The summed E-state index contributed by atoms with van der Waals surface area (Å²) >= 11 is 0. The Balaban J connectivity index is 1.95. The number of carbonyl (C=O) groups is 3. The monoisotopic (exact) mass is 316 g/mol. The lowest BCUT2D eigenvalue weighted by molar-refractivity contribution is -0.144. The Morgan fingerprint density at radius 2 is 2.09 bits per heavy atom. The molecule has 8 heteroatoms. The van der Waals surface area contributed by atoms with Crippen LogP contribution in [-0.2, 0) is 9.59 Å². The average molecular weight is 316 g/mol. The predicted molar refractivity (Wildman–Crippen MR) is 80.7 cm³/mol. The third-order valence-electron chi connectivity index (χ3n) is 4.00. The van der Waals surface area contributed by atoms with Crippen LogP contribution in [-0.4, -0.2) is 50.2 Å². The summed E-state index contributed by atoms with van der Waals surface area (Å²) in [6.45, 7) is 0.993. The van der Waals surface area contributed by atoms with E-state index in [0.717, 1.165) is 5.52 Å². The summed E-state index contributed by atoms with van der Waals surface area (Å²) in [6.07, 6.45) is 0.594. The summed E-state index contributed by atoms with van der Waals surface area (Å²) in [7, 11) is 0. The first-order valence-corrected chi connectivity index (χ1v) is 7.16. The zero-order valence-corrected chi connectivity index (χ0v) is 12.5. The molecular formula is C15H16N4O4. The molecule has 3 N–H and O–H groups in total. The number of para-hydroxylation sites is 1. The van der Waals surface area contributed by atoms with Crippen molar-refractivity contribution < 1.29 is 19.5 Å². The van der Waals surface area contributed by atoms with E-state index in [2.05, 4.69) is 5.10 Å². The van der Waals surface area contributed by atoms with Crippen molar-refractivity contribution in [2.45, 2.75) is 25.4 Å². The van der Waals surface area contributed by atoms with Crippen molar-refractivity contribution in [3.63, 3.8) is 0 Å². The van der Waals surface area contributed by atoms with Crippen LogP contribution in [0.25, 0.3) is 10.9 Å². The summed E-state index contributed by atoms with van der Waals surface area (Å²) in [5.41, 5.74) is 6.29. The maximum Gasteiger partial charge on any atom is 0.323 e. The number of benzene rings is 1. The van der Waals surface area contributed by atoms with Gasteiger partial charge in [0.2, 0.25) is 5.91 Å². The Morgan fingerprint density at radius 3 is 2.70 bits per heavy atom. The molecule has 0 aliphatic heterocycles. The van der Waals surface area contributed by atoms with Gasteiger partial charge in [0.05, 0.1) is 17.6 Å². The second-order valence-corrected chi connectivity index (χ2v) is 5.59. The minimum absolute atomic E-state index is 0.156. The van der Waals surface area contributed by atoms with Gasteiger partial charge in [0.15, 0.2) is 5.69 Å². The molecular weight excluding hydrogens is 300 g/mol. The molecule has 1 aliphatic rings. The van der Waals surface area contributed by atoms with Crippen molar-refractivity contribution >= 4 is 28.7 Å². The number of nitrogens with zero attached hydrogens (tertiary/aromatic N) is 3. The van der Waals surface area contributed by atoms with E-state index in [0.29, 0.717) is 11.8 Å². The van der Waals surface area contributed by atoms with E-state index in [1.165, 1.54) is 11.8 Å². The fraction of sp³-hybridized carbons (Fsp3) is 0.333. The third-order valence-corrected chi connectivity index (χ3v) is 4.00. The summed E-state index contributed by atoms with van der Waals surface area (Å²) in [5, 5.41) is 13.9. The number of aliphatic carboxylic acids is 1. The van der Waals surface area contributed by atoms with Crippen LogP contribution in [0.4, 0.5) is 0 Å². The molecule has 8 nitrogen and oxygen atoms in total. The number of carboxylic acid groups (broad SMARTS) is 1. The van der Waals surface area contributed by atoms with Gasteiger partial charge in [-0.05, 0) is 12.5 Å². The molecule has 0 bridgehead atoms. The Labute approximate surface area is 131 Å². The van der Waals surface area contributed by atoms with Crippen LogP contribution < -0.4 is 5.73 Å². The highest BCUT2D eigenvalue weighted by atomic mass is 16.4. The molecule has 1 saturated carbocycles. The van der Waals surface area contributed by atoms with Gasteiger partial charge in [-0.15, -0.1) is 0 Å². The summed E-state index contributed by atoms with van der Waals surface area (Å²) < 4.78 is 1.66. The van der Waals surface area contributed by atoms with Gasteiger partial charge in [-0.25, -0.2) is 0 Å². The smallest absolute Gasteiger partial charge is 0.323 e. The maximum absolute atomic E-state index is 11.7. The lowest BCUT2D eigenvalue weighted by Gasteiger charge is -2.19. The van der Waals surface area contributed by atoms with Gasteiger partial charge < -0.3 is 15.7 Å². The number of hydrogen-bond donors (Lipinski definition) is 2. The highest BCUT2D eigenvalue weighted by Gasteiger charge is 2.46. The normalized spacial score (nSPS) is 19.5. The molecule has 1 aromatic heterocycles. The van der Waals surface area contributed by atoms with Crippen molar-refractivity contribution in [1.29, 1.82) is 0 Å². The average Bonchev–Trinajstić information content (AvgIpc) is 3.16. The first kappa shape index (κ1) is 15.0. The zero-order chi connectivity index (χ0) is 16.7. The lowest BCUT2D eigenvalue weighted by atomic mass is 10.2. The first-order chi connectivity index (χ1) is 10.9. The van der Waals surface area contributed by atoms with E-state index in [4.69, 9.17) is 10.8 Å². The molecule has 2 amide bonds. The van der Waals surface area contributed by atoms with E-state index in [-0.39, 0.29) is 30.2 Å². The standard InChI is InChI=1S/C15H16N4O4/c1-8(20)18(7-13(21)22)11-6-12(11)19-10-5-3-2-4-9(10)14(17-19)15(16)23/h2-5,11-12H,6-7H2,1H3,(H2,16,23)(H,21,22). The predicted octanol–water partition coefficient (Wildman–Crippen LogP) is 0.382. The quantitative estimate of drug-likeness (QED) is 0.826. The molecule has 1 aliphatic carbocycles.